The molecule has 0 aliphatic heterocycles. The number of carbonyl (C=O) groups is 2. The standard InChI is InChI=1S/C35H33FN2O3/c1-22-8-17-32(36)31(18-22)33-21-34(29-14-13-28-20-30(41-4)16-15-27(28)19-29)38(37-33)24(3)25-9-11-26(12-10-25)35(40)7-5-6-23(2)39/h8-21,24H,5-7H2,1-4H3/t24-/m0/s1. The molecule has 0 radical (unpaired) electrons. The summed E-state index contributed by atoms with van der Waals surface area (Å²) < 4.78 is 22.2. The Morgan fingerprint density at radius 2 is 1.63 bits per heavy atom. The van der Waals surface area contributed by atoms with Crippen LogP contribution in [0.1, 0.15) is 60.6 Å². The average Bonchev–Trinajstić information content (AvgIpc) is 3.42. The highest BCUT2D eigenvalue weighted by Gasteiger charge is 2.20. The van der Waals surface area contributed by atoms with Crippen LogP contribution in [-0.4, -0.2) is 28.5 Å². The highest BCUT2D eigenvalue weighted by atomic mass is 19.1. The molecule has 0 spiro atoms. The quantitative estimate of drug-likeness (QED) is 0.165. The molecule has 0 aliphatic carbocycles. The largest absolute Gasteiger partial charge is 0.497 e. The lowest BCUT2D eigenvalue weighted by molar-refractivity contribution is -0.117. The van der Waals surface area contributed by atoms with Crippen molar-refractivity contribution < 1.29 is 18.7 Å². The molecule has 1 atom stereocenters. The smallest absolute Gasteiger partial charge is 0.162 e. The molecule has 0 amide bonds. The van der Waals surface area contributed by atoms with E-state index in [9.17, 15) is 14.0 Å². The highest BCUT2D eigenvalue weighted by Crippen LogP contribution is 2.34. The first-order chi connectivity index (χ1) is 19.7. The van der Waals surface area contributed by atoms with Gasteiger partial charge in [0.2, 0.25) is 0 Å². The van der Waals surface area contributed by atoms with E-state index in [2.05, 4.69) is 12.1 Å². The molecule has 0 unspecified atom stereocenters. The van der Waals surface area contributed by atoms with E-state index in [1.807, 2.05) is 79.2 Å². The van der Waals surface area contributed by atoms with Gasteiger partial charge >= 0.3 is 0 Å². The summed E-state index contributed by atoms with van der Waals surface area (Å²) in [5.41, 5.74) is 5.37. The van der Waals surface area contributed by atoms with Crippen LogP contribution < -0.4 is 4.74 Å². The molecule has 5 nitrogen and oxygen atoms in total. The number of nitrogens with zero attached hydrogens (tertiary/aromatic N) is 2. The summed E-state index contributed by atoms with van der Waals surface area (Å²) in [5.74, 6) is 0.586. The number of ketones is 2. The molecule has 0 bridgehead atoms. The zero-order valence-electron chi connectivity index (χ0n) is 23.8. The Labute approximate surface area is 239 Å². The van der Waals surface area contributed by atoms with Crippen LogP contribution in [0.2, 0.25) is 0 Å². The summed E-state index contributed by atoms with van der Waals surface area (Å²) in [7, 11) is 1.65. The third-order valence-corrected chi connectivity index (χ3v) is 7.49. The molecular formula is C35H33FN2O3. The number of halogens is 1. The van der Waals surface area contributed by atoms with E-state index in [-0.39, 0.29) is 23.4 Å². The fourth-order valence-corrected chi connectivity index (χ4v) is 5.11. The van der Waals surface area contributed by atoms with Gasteiger partial charge in [0.1, 0.15) is 17.3 Å². The van der Waals surface area contributed by atoms with Crippen LogP contribution in [0.4, 0.5) is 4.39 Å². The van der Waals surface area contributed by atoms with Gasteiger partial charge in [0.25, 0.3) is 0 Å². The van der Waals surface area contributed by atoms with Gasteiger partial charge in [0.05, 0.1) is 24.5 Å². The molecule has 0 N–H and O–H groups in total. The number of ether oxygens (including phenoxy) is 1. The van der Waals surface area contributed by atoms with Crippen molar-refractivity contribution in [3.8, 4) is 28.3 Å². The fraction of sp³-hybridized carbons (Fsp3) is 0.229. The molecule has 1 heterocycles. The summed E-state index contributed by atoms with van der Waals surface area (Å²) in [6, 6.07) is 26.5. The summed E-state index contributed by atoms with van der Waals surface area (Å²) in [6.45, 7) is 5.52. The van der Waals surface area contributed by atoms with Gasteiger partial charge in [-0.25, -0.2) is 4.39 Å². The predicted octanol–water partition coefficient (Wildman–Crippen LogP) is 8.38. The number of carbonyl (C=O) groups excluding carboxylic acids is 2. The van der Waals surface area contributed by atoms with Gasteiger partial charge < -0.3 is 9.53 Å². The zero-order valence-corrected chi connectivity index (χ0v) is 23.8. The third-order valence-electron chi connectivity index (χ3n) is 7.49. The maximum Gasteiger partial charge on any atom is 0.162 e. The SMILES string of the molecule is COc1ccc2cc(-c3cc(-c4cc(C)ccc4F)nn3[C@@H](C)c3ccc(C(=O)CCCC(C)=O)cc3)ccc2c1. The number of hydrogen-bond donors (Lipinski definition) is 0. The van der Waals surface area contributed by atoms with Crippen LogP contribution in [0.5, 0.6) is 5.75 Å². The molecule has 208 valence electrons. The van der Waals surface area contributed by atoms with Gasteiger partial charge in [-0.05, 0) is 79.9 Å². The van der Waals surface area contributed by atoms with Crippen molar-refractivity contribution in [3.63, 3.8) is 0 Å². The number of fused-ring (bicyclic) bond motifs is 1. The number of methoxy groups -OCH3 is 1. The maximum absolute atomic E-state index is 14.9. The van der Waals surface area contributed by atoms with Crippen LogP contribution in [0, 0.1) is 12.7 Å². The number of benzene rings is 4. The second kappa shape index (κ2) is 11.9. The summed E-state index contributed by atoms with van der Waals surface area (Å²) >= 11 is 0. The van der Waals surface area contributed by atoms with Gasteiger partial charge in [-0.15, -0.1) is 0 Å². The van der Waals surface area contributed by atoms with E-state index in [1.54, 1.807) is 13.2 Å². The second-order valence-electron chi connectivity index (χ2n) is 10.5. The highest BCUT2D eigenvalue weighted by molar-refractivity contribution is 5.96. The van der Waals surface area contributed by atoms with Crippen molar-refractivity contribution in [2.75, 3.05) is 7.11 Å². The van der Waals surface area contributed by atoms with E-state index in [4.69, 9.17) is 9.84 Å². The molecule has 4 aromatic carbocycles. The van der Waals surface area contributed by atoms with Crippen molar-refractivity contribution in [2.45, 2.75) is 46.1 Å². The fourth-order valence-electron chi connectivity index (χ4n) is 5.11. The Morgan fingerprint density at radius 3 is 2.37 bits per heavy atom. The van der Waals surface area contributed by atoms with E-state index < -0.39 is 0 Å². The number of rotatable bonds is 10. The van der Waals surface area contributed by atoms with Crippen LogP contribution in [-0.2, 0) is 4.79 Å². The second-order valence-corrected chi connectivity index (χ2v) is 10.5. The molecule has 5 aromatic rings. The minimum absolute atomic E-state index is 0.0234. The van der Waals surface area contributed by atoms with Crippen LogP contribution in [0.15, 0.2) is 84.9 Å². The number of aryl methyl sites for hydroxylation is 1. The Morgan fingerprint density at radius 1 is 0.902 bits per heavy atom. The monoisotopic (exact) mass is 548 g/mol. The minimum atomic E-state index is -0.322. The van der Waals surface area contributed by atoms with E-state index >= 15 is 0 Å². The molecule has 41 heavy (non-hydrogen) atoms. The van der Waals surface area contributed by atoms with E-state index in [1.165, 1.54) is 13.0 Å². The van der Waals surface area contributed by atoms with Crippen molar-refractivity contribution in [1.82, 2.24) is 9.78 Å². The summed E-state index contributed by atoms with van der Waals surface area (Å²) in [4.78, 5) is 23.8. The number of hydrogen-bond acceptors (Lipinski definition) is 4. The lowest BCUT2D eigenvalue weighted by atomic mass is 10.00. The Hall–Kier alpha value is -4.58. The third kappa shape index (κ3) is 6.12. The molecule has 6 heteroatoms. The molecule has 0 fully saturated rings. The first kappa shape index (κ1) is 28.0. The maximum atomic E-state index is 14.9. The van der Waals surface area contributed by atoms with Gasteiger partial charge in [-0.3, -0.25) is 9.48 Å². The summed E-state index contributed by atoms with van der Waals surface area (Å²) in [5, 5.41) is 7.03. The average molecular weight is 549 g/mol. The molecule has 0 saturated heterocycles. The topological polar surface area (TPSA) is 61.2 Å². The molecular weight excluding hydrogens is 515 g/mol. The van der Waals surface area contributed by atoms with E-state index in [0.717, 1.165) is 38.9 Å². The number of aromatic nitrogens is 2. The van der Waals surface area contributed by atoms with Crippen molar-refractivity contribution in [1.29, 1.82) is 0 Å². The van der Waals surface area contributed by atoms with Gasteiger partial charge in [-0.1, -0.05) is 54.1 Å². The van der Waals surface area contributed by atoms with Crippen LogP contribution >= 0.6 is 0 Å². The van der Waals surface area contributed by atoms with Crippen molar-refractivity contribution >= 4 is 22.3 Å². The lowest BCUT2D eigenvalue weighted by Crippen LogP contribution is -2.11. The lowest BCUT2D eigenvalue weighted by Gasteiger charge is -2.17. The van der Waals surface area contributed by atoms with Crippen LogP contribution in [0.25, 0.3) is 33.3 Å². The minimum Gasteiger partial charge on any atom is -0.497 e. The van der Waals surface area contributed by atoms with Crippen molar-refractivity contribution in [3.05, 3.63) is 107 Å². The van der Waals surface area contributed by atoms with Gasteiger partial charge in [0, 0.05) is 29.5 Å². The van der Waals surface area contributed by atoms with Gasteiger partial charge in [-0.2, -0.15) is 5.10 Å². The zero-order chi connectivity index (χ0) is 29.1. The molecule has 0 saturated carbocycles. The first-order valence-electron chi connectivity index (χ1n) is 13.8. The van der Waals surface area contributed by atoms with Crippen LogP contribution in [0.3, 0.4) is 0 Å². The molecule has 5 rings (SSSR count). The Kier molecular flexibility index (Phi) is 8.11. The first-order valence-corrected chi connectivity index (χ1v) is 13.8. The molecule has 0 aliphatic rings. The van der Waals surface area contributed by atoms with Crippen molar-refractivity contribution in [2.24, 2.45) is 0 Å². The summed E-state index contributed by atoms with van der Waals surface area (Å²) in [6.07, 6.45) is 1.31. The Bertz CT molecular complexity index is 1740. The molecule has 1 aromatic heterocycles. The van der Waals surface area contributed by atoms with E-state index in [0.29, 0.717) is 36.1 Å². The Balaban J connectivity index is 1.53. The van der Waals surface area contributed by atoms with Gasteiger partial charge in [0.15, 0.2) is 5.78 Å². The number of Topliss-reactive ketones (excluding diaryl/α,β-unsaturated/α-hetero) is 2. The normalized spacial score (nSPS) is 11.9. The predicted molar refractivity (Wildman–Crippen MR) is 161 cm³/mol.